The van der Waals surface area contributed by atoms with Crippen molar-refractivity contribution >= 4 is 0 Å². The second-order valence-electron chi connectivity index (χ2n) is 13.1. The molecule has 0 spiro atoms. The van der Waals surface area contributed by atoms with Crippen molar-refractivity contribution in [2.75, 3.05) is 0 Å². The SMILES string of the molecule is CCCCCCC(O)C(CCC1CCC2CCCCC2C1)C(CCC)[C@H](C)C(C)CCC(O)CC. The van der Waals surface area contributed by atoms with Gasteiger partial charge in [-0.3, -0.25) is 0 Å². The first-order valence-corrected chi connectivity index (χ1v) is 16.3. The summed E-state index contributed by atoms with van der Waals surface area (Å²) in [5, 5.41) is 21.7. The molecule has 2 nitrogen and oxygen atoms in total. The Morgan fingerprint density at radius 1 is 0.686 bits per heavy atom. The van der Waals surface area contributed by atoms with Gasteiger partial charge < -0.3 is 10.2 Å². The van der Waals surface area contributed by atoms with E-state index in [2.05, 4.69) is 34.6 Å². The van der Waals surface area contributed by atoms with Crippen molar-refractivity contribution in [2.24, 2.45) is 41.4 Å². The van der Waals surface area contributed by atoms with Crippen molar-refractivity contribution in [1.82, 2.24) is 0 Å². The number of rotatable bonds is 18. The van der Waals surface area contributed by atoms with Crippen LogP contribution >= 0.6 is 0 Å². The average molecular weight is 493 g/mol. The highest BCUT2D eigenvalue weighted by molar-refractivity contribution is 4.87. The Morgan fingerprint density at radius 2 is 1.43 bits per heavy atom. The minimum Gasteiger partial charge on any atom is -0.393 e. The number of hydrogen-bond donors (Lipinski definition) is 2. The lowest BCUT2D eigenvalue weighted by Gasteiger charge is -2.41. The minimum absolute atomic E-state index is 0.134. The molecule has 0 saturated heterocycles. The standard InChI is InChI=1S/C33H64O2/c1-6-9-10-11-17-33(35)32(23-20-27-19-21-28-15-12-13-16-29(28)24-27)31(14-7-2)26(5)25(4)18-22-30(34)8-3/h25-35H,6-24H2,1-5H3/t25?,26-,27?,28?,29?,30?,31?,32?,33?/m1/s1. The molecule has 0 aromatic heterocycles. The molecule has 2 fully saturated rings. The van der Waals surface area contributed by atoms with Crippen molar-refractivity contribution < 1.29 is 10.2 Å². The first kappa shape index (κ1) is 31.1. The highest BCUT2D eigenvalue weighted by atomic mass is 16.3. The summed E-state index contributed by atoms with van der Waals surface area (Å²) in [5.41, 5.74) is 0. The number of aliphatic hydroxyl groups is 2. The van der Waals surface area contributed by atoms with Crippen molar-refractivity contribution in [3.05, 3.63) is 0 Å². The third kappa shape index (κ3) is 10.7. The van der Waals surface area contributed by atoms with Crippen molar-refractivity contribution in [2.45, 2.75) is 169 Å². The fourth-order valence-corrected chi connectivity index (χ4v) is 7.89. The minimum atomic E-state index is -0.149. The summed E-state index contributed by atoms with van der Waals surface area (Å²) in [4.78, 5) is 0. The molecule has 35 heavy (non-hydrogen) atoms. The van der Waals surface area contributed by atoms with Crippen LogP contribution in [-0.4, -0.2) is 22.4 Å². The van der Waals surface area contributed by atoms with Crippen LogP contribution < -0.4 is 0 Å². The second-order valence-corrected chi connectivity index (χ2v) is 13.1. The first-order valence-electron chi connectivity index (χ1n) is 16.3. The number of unbranched alkanes of at least 4 members (excludes halogenated alkanes) is 3. The predicted octanol–water partition coefficient (Wildman–Crippen LogP) is 9.56. The maximum absolute atomic E-state index is 11.6. The van der Waals surface area contributed by atoms with Gasteiger partial charge in [-0.15, -0.1) is 0 Å². The Morgan fingerprint density at radius 3 is 2.11 bits per heavy atom. The zero-order chi connectivity index (χ0) is 25.6. The van der Waals surface area contributed by atoms with E-state index in [1.807, 2.05) is 0 Å². The summed E-state index contributed by atoms with van der Waals surface area (Å²) in [5.74, 6) is 5.24. The van der Waals surface area contributed by atoms with E-state index in [0.717, 1.165) is 43.4 Å². The second kappa shape index (κ2) is 17.4. The fourth-order valence-electron chi connectivity index (χ4n) is 7.89. The summed E-state index contributed by atoms with van der Waals surface area (Å²) < 4.78 is 0. The zero-order valence-electron chi connectivity index (χ0n) is 24.5. The number of hydrogen-bond acceptors (Lipinski definition) is 2. The molecule has 2 heteroatoms. The first-order chi connectivity index (χ1) is 16.9. The van der Waals surface area contributed by atoms with Crippen LogP contribution in [0.15, 0.2) is 0 Å². The van der Waals surface area contributed by atoms with Crippen molar-refractivity contribution in [3.63, 3.8) is 0 Å². The van der Waals surface area contributed by atoms with E-state index in [9.17, 15) is 10.2 Å². The quantitative estimate of drug-likeness (QED) is 0.187. The number of fused-ring (bicyclic) bond motifs is 1. The van der Waals surface area contributed by atoms with Crippen LogP contribution in [0.5, 0.6) is 0 Å². The van der Waals surface area contributed by atoms with Crippen molar-refractivity contribution in [1.29, 1.82) is 0 Å². The molecule has 0 bridgehead atoms. The Balaban J connectivity index is 2.04. The maximum Gasteiger partial charge on any atom is 0.0571 e. The lowest BCUT2D eigenvalue weighted by molar-refractivity contribution is 0.0164. The smallest absolute Gasteiger partial charge is 0.0571 e. The van der Waals surface area contributed by atoms with Gasteiger partial charge >= 0.3 is 0 Å². The van der Waals surface area contributed by atoms with Crippen LogP contribution in [0.3, 0.4) is 0 Å². The Bertz CT molecular complexity index is 519. The van der Waals surface area contributed by atoms with E-state index >= 15 is 0 Å². The van der Waals surface area contributed by atoms with Crippen LogP contribution in [0.1, 0.15) is 157 Å². The van der Waals surface area contributed by atoms with Gasteiger partial charge in [0.25, 0.3) is 0 Å². The number of aliphatic hydroxyl groups excluding tert-OH is 2. The van der Waals surface area contributed by atoms with Gasteiger partial charge in [-0.2, -0.15) is 0 Å². The van der Waals surface area contributed by atoms with Gasteiger partial charge in [0, 0.05) is 0 Å². The summed E-state index contributed by atoms with van der Waals surface area (Å²) in [6, 6.07) is 0. The molecule has 0 heterocycles. The van der Waals surface area contributed by atoms with Crippen LogP contribution in [-0.2, 0) is 0 Å². The monoisotopic (exact) mass is 492 g/mol. The maximum atomic E-state index is 11.6. The van der Waals surface area contributed by atoms with Gasteiger partial charge in [0.05, 0.1) is 12.2 Å². The van der Waals surface area contributed by atoms with E-state index in [0.29, 0.717) is 23.7 Å². The zero-order valence-corrected chi connectivity index (χ0v) is 24.5. The molecule has 0 aromatic rings. The molecule has 208 valence electrons. The van der Waals surface area contributed by atoms with E-state index < -0.39 is 0 Å². The van der Waals surface area contributed by atoms with Crippen LogP contribution in [0.25, 0.3) is 0 Å². The summed E-state index contributed by atoms with van der Waals surface area (Å²) in [6.07, 6.45) is 24.0. The van der Waals surface area contributed by atoms with E-state index in [4.69, 9.17) is 0 Å². The molecule has 2 rings (SSSR count). The molecule has 0 aromatic carbocycles. The third-order valence-corrected chi connectivity index (χ3v) is 10.6. The van der Waals surface area contributed by atoms with Crippen molar-refractivity contribution in [3.8, 4) is 0 Å². The predicted molar refractivity (Wildman–Crippen MR) is 153 cm³/mol. The molecule has 0 amide bonds. The normalized spacial score (nSPS) is 28.0. The van der Waals surface area contributed by atoms with Crippen LogP contribution in [0.4, 0.5) is 0 Å². The lowest BCUT2D eigenvalue weighted by atomic mass is 9.65. The molecular formula is C33H64O2. The van der Waals surface area contributed by atoms with Gasteiger partial charge in [0.15, 0.2) is 0 Å². The van der Waals surface area contributed by atoms with E-state index in [1.165, 1.54) is 96.3 Å². The molecule has 0 radical (unpaired) electrons. The van der Waals surface area contributed by atoms with Gasteiger partial charge in [0.1, 0.15) is 0 Å². The van der Waals surface area contributed by atoms with Crippen LogP contribution in [0, 0.1) is 41.4 Å². The molecule has 2 aliphatic rings. The molecule has 8 unspecified atom stereocenters. The lowest BCUT2D eigenvalue weighted by Crippen LogP contribution is -2.35. The Kier molecular flexibility index (Phi) is 15.5. The largest absolute Gasteiger partial charge is 0.393 e. The average Bonchev–Trinajstić information content (AvgIpc) is 2.88. The highest BCUT2D eigenvalue weighted by Gasteiger charge is 2.36. The molecule has 2 N–H and O–H groups in total. The summed E-state index contributed by atoms with van der Waals surface area (Å²) >= 11 is 0. The third-order valence-electron chi connectivity index (χ3n) is 10.6. The topological polar surface area (TPSA) is 40.5 Å². The fraction of sp³-hybridized carbons (Fsp3) is 1.00. The molecule has 2 aliphatic carbocycles. The van der Waals surface area contributed by atoms with Gasteiger partial charge in [-0.1, -0.05) is 112 Å². The Hall–Kier alpha value is -0.0800. The molecule has 2 saturated carbocycles. The molecule has 9 atom stereocenters. The molecular weight excluding hydrogens is 428 g/mol. The summed E-state index contributed by atoms with van der Waals surface area (Å²) in [6.45, 7) is 11.6. The molecule has 0 aliphatic heterocycles. The Labute approximate surface area is 220 Å². The van der Waals surface area contributed by atoms with Gasteiger partial charge in [0.2, 0.25) is 0 Å². The van der Waals surface area contributed by atoms with Crippen LogP contribution in [0.2, 0.25) is 0 Å². The summed E-state index contributed by atoms with van der Waals surface area (Å²) in [7, 11) is 0. The van der Waals surface area contributed by atoms with Gasteiger partial charge in [-0.05, 0) is 86.4 Å². The highest BCUT2D eigenvalue weighted by Crippen LogP contribution is 2.45. The van der Waals surface area contributed by atoms with E-state index in [1.54, 1.807) is 0 Å². The van der Waals surface area contributed by atoms with E-state index in [-0.39, 0.29) is 12.2 Å². The van der Waals surface area contributed by atoms with Gasteiger partial charge in [-0.25, -0.2) is 0 Å².